The van der Waals surface area contributed by atoms with Gasteiger partial charge < -0.3 is 4.74 Å². The zero-order valence-electron chi connectivity index (χ0n) is 9.40. The normalized spacial score (nSPS) is 12.4. The fraction of sp³-hybridized carbons (Fsp3) is 0.462. The van der Waals surface area contributed by atoms with Gasteiger partial charge in [-0.2, -0.15) is 0 Å². The van der Waals surface area contributed by atoms with Gasteiger partial charge in [0.05, 0.1) is 13.2 Å². The molecule has 2 heteroatoms. The van der Waals surface area contributed by atoms with E-state index in [0.29, 0.717) is 19.6 Å². The van der Waals surface area contributed by atoms with Crippen molar-refractivity contribution < 1.29 is 9.53 Å². The van der Waals surface area contributed by atoms with Crippen molar-refractivity contribution in [1.82, 2.24) is 0 Å². The highest BCUT2D eigenvalue weighted by atomic mass is 16.5. The van der Waals surface area contributed by atoms with E-state index >= 15 is 0 Å². The van der Waals surface area contributed by atoms with Crippen molar-refractivity contribution in [2.75, 3.05) is 6.61 Å². The number of rotatable bonds is 6. The Hall–Kier alpha value is -1.15. The molecule has 15 heavy (non-hydrogen) atoms. The monoisotopic (exact) mass is 206 g/mol. The topological polar surface area (TPSA) is 26.3 Å². The second-order valence-corrected chi connectivity index (χ2v) is 3.72. The molecule has 0 aliphatic heterocycles. The molecule has 0 bridgehead atoms. The molecule has 0 saturated carbocycles. The molecule has 0 aliphatic rings. The van der Waals surface area contributed by atoms with Gasteiger partial charge in [0.1, 0.15) is 5.78 Å². The third kappa shape index (κ3) is 4.26. The Morgan fingerprint density at radius 1 is 1.33 bits per heavy atom. The summed E-state index contributed by atoms with van der Waals surface area (Å²) in [5.74, 6) is 0.279. The van der Waals surface area contributed by atoms with Crippen LogP contribution >= 0.6 is 0 Å². The van der Waals surface area contributed by atoms with E-state index in [4.69, 9.17) is 4.74 Å². The average molecular weight is 206 g/mol. The lowest BCUT2D eigenvalue weighted by Gasteiger charge is -2.09. The first kappa shape index (κ1) is 11.9. The van der Waals surface area contributed by atoms with Crippen LogP contribution in [0.1, 0.15) is 25.8 Å². The Kier molecular flexibility index (Phi) is 5.05. The van der Waals surface area contributed by atoms with Crippen molar-refractivity contribution in [3.8, 4) is 0 Å². The molecule has 0 amide bonds. The van der Waals surface area contributed by atoms with Crippen molar-refractivity contribution >= 4 is 5.78 Å². The summed E-state index contributed by atoms with van der Waals surface area (Å²) < 4.78 is 5.48. The minimum atomic E-state index is 0.0127. The summed E-state index contributed by atoms with van der Waals surface area (Å²) in [7, 11) is 0. The fourth-order valence-electron chi connectivity index (χ4n) is 1.37. The fourth-order valence-corrected chi connectivity index (χ4v) is 1.37. The minimum Gasteiger partial charge on any atom is -0.376 e. The number of ether oxygens (including phenoxy) is 1. The van der Waals surface area contributed by atoms with E-state index < -0.39 is 0 Å². The van der Waals surface area contributed by atoms with E-state index in [1.54, 1.807) is 0 Å². The van der Waals surface area contributed by atoms with E-state index in [2.05, 4.69) is 0 Å². The number of carbonyl (C=O) groups excluding carboxylic acids is 1. The number of benzene rings is 1. The van der Waals surface area contributed by atoms with Gasteiger partial charge in [-0.1, -0.05) is 44.2 Å². The first-order valence-corrected chi connectivity index (χ1v) is 5.38. The Bertz CT molecular complexity index is 293. The summed E-state index contributed by atoms with van der Waals surface area (Å²) in [6, 6.07) is 9.99. The molecule has 1 rings (SSSR count). The minimum absolute atomic E-state index is 0.0127. The van der Waals surface area contributed by atoms with E-state index in [-0.39, 0.29) is 11.7 Å². The van der Waals surface area contributed by atoms with Gasteiger partial charge in [0.15, 0.2) is 0 Å². The van der Waals surface area contributed by atoms with Crippen LogP contribution < -0.4 is 0 Å². The Labute approximate surface area is 91.3 Å². The van der Waals surface area contributed by atoms with Gasteiger partial charge in [0.2, 0.25) is 0 Å². The molecule has 1 aromatic carbocycles. The molecule has 0 N–H and O–H groups in total. The Balaban J connectivity index is 2.25. The summed E-state index contributed by atoms with van der Waals surface area (Å²) in [6.45, 7) is 4.90. The summed E-state index contributed by atoms with van der Waals surface area (Å²) in [4.78, 5) is 11.3. The zero-order chi connectivity index (χ0) is 11.1. The molecule has 0 heterocycles. The summed E-state index contributed by atoms with van der Waals surface area (Å²) in [6.07, 6.45) is 0.593. The van der Waals surface area contributed by atoms with Crippen LogP contribution in [-0.2, 0) is 16.1 Å². The van der Waals surface area contributed by atoms with Gasteiger partial charge in [-0.05, 0) is 5.56 Å². The standard InChI is InChI=1S/C13H18O2/c1-3-13(14)11(2)9-15-10-12-7-5-4-6-8-12/h4-8,11H,3,9-10H2,1-2H3/t11-/m0/s1. The predicted octanol–water partition coefficient (Wildman–Crippen LogP) is 2.82. The van der Waals surface area contributed by atoms with E-state index in [9.17, 15) is 4.79 Å². The van der Waals surface area contributed by atoms with Crippen LogP contribution in [0.5, 0.6) is 0 Å². The molecule has 1 atom stereocenters. The van der Waals surface area contributed by atoms with Crippen LogP contribution in [-0.4, -0.2) is 12.4 Å². The smallest absolute Gasteiger partial charge is 0.137 e. The second kappa shape index (κ2) is 6.36. The molecule has 0 aliphatic carbocycles. The first-order chi connectivity index (χ1) is 7.24. The number of ketones is 1. The van der Waals surface area contributed by atoms with Crippen LogP contribution in [0.25, 0.3) is 0 Å². The highest BCUT2D eigenvalue weighted by Crippen LogP contribution is 2.05. The van der Waals surface area contributed by atoms with Crippen molar-refractivity contribution in [2.45, 2.75) is 26.9 Å². The quantitative estimate of drug-likeness (QED) is 0.715. The Morgan fingerprint density at radius 3 is 2.60 bits per heavy atom. The summed E-state index contributed by atoms with van der Waals surface area (Å²) in [5.41, 5.74) is 1.15. The van der Waals surface area contributed by atoms with Gasteiger partial charge in [-0.25, -0.2) is 0 Å². The van der Waals surface area contributed by atoms with E-state index in [0.717, 1.165) is 5.56 Å². The van der Waals surface area contributed by atoms with Gasteiger partial charge >= 0.3 is 0 Å². The maximum Gasteiger partial charge on any atom is 0.137 e. The lowest BCUT2D eigenvalue weighted by atomic mass is 10.1. The number of carbonyl (C=O) groups is 1. The van der Waals surface area contributed by atoms with E-state index in [1.165, 1.54) is 0 Å². The van der Waals surface area contributed by atoms with Crippen molar-refractivity contribution in [2.24, 2.45) is 5.92 Å². The molecule has 1 aromatic rings. The van der Waals surface area contributed by atoms with Crippen LogP contribution in [0.2, 0.25) is 0 Å². The van der Waals surface area contributed by atoms with Crippen LogP contribution in [0.3, 0.4) is 0 Å². The molecule has 0 spiro atoms. The van der Waals surface area contributed by atoms with Gasteiger partial charge in [0.25, 0.3) is 0 Å². The van der Waals surface area contributed by atoms with Crippen LogP contribution in [0.4, 0.5) is 0 Å². The molecule has 82 valence electrons. The predicted molar refractivity (Wildman–Crippen MR) is 60.6 cm³/mol. The number of Topliss-reactive ketones (excluding diaryl/α,β-unsaturated/α-hetero) is 1. The largest absolute Gasteiger partial charge is 0.376 e. The summed E-state index contributed by atoms with van der Waals surface area (Å²) >= 11 is 0. The van der Waals surface area contributed by atoms with Gasteiger partial charge in [0, 0.05) is 12.3 Å². The SMILES string of the molecule is CCC(=O)[C@@H](C)COCc1ccccc1. The van der Waals surface area contributed by atoms with Gasteiger partial charge in [-0.15, -0.1) is 0 Å². The first-order valence-electron chi connectivity index (χ1n) is 5.38. The second-order valence-electron chi connectivity index (χ2n) is 3.72. The molecule has 0 radical (unpaired) electrons. The van der Waals surface area contributed by atoms with Crippen molar-refractivity contribution in [3.05, 3.63) is 35.9 Å². The highest BCUT2D eigenvalue weighted by Gasteiger charge is 2.10. The number of hydrogen-bond donors (Lipinski definition) is 0. The maximum atomic E-state index is 11.3. The molecule has 0 saturated heterocycles. The van der Waals surface area contributed by atoms with Crippen molar-refractivity contribution in [1.29, 1.82) is 0 Å². The molecular weight excluding hydrogens is 188 g/mol. The zero-order valence-corrected chi connectivity index (χ0v) is 9.40. The lowest BCUT2D eigenvalue weighted by molar-refractivity contribution is -0.124. The highest BCUT2D eigenvalue weighted by molar-refractivity contribution is 5.80. The van der Waals surface area contributed by atoms with E-state index in [1.807, 2.05) is 44.2 Å². The molecule has 0 aromatic heterocycles. The third-order valence-corrected chi connectivity index (χ3v) is 2.38. The molecule has 0 fully saturated rings. The third-order valence-electron chi connectivity index (χ3n) is 2.38. The van der Waals surface area contributed by atoms with Crippen LogP contribution in [0.15, 0.2) is 30.3 Å². The maximum absolute atomic E-state index is 11.3. The molecule has 0 unspecified atom stereocenters. The molecular formula is C13H18O2. The average Bonchev–Trinajstić information content (AvgIpc) is 2.29. The lowest BCUT2D eigenvalue weighted by Crippen LogP contribution is -2.15. The molecule has 2 nitrogen and oxygen atoms in total. The summed E-state index contributed by atoms with van der Waals surface area (Å²) in [5, 5.41) is 0. The van der Waals surface area contributed by atoms with Crippen molar-refractivity contribution in [3.63, 3.8) is 0 Å². The van der Waals surface area contributed by atoms with Crippen LogP contribution in [0, 0.1) is 5.92 Å². The Morgan fingerprint density at radius 2 is 2.00 bits per heavy atom. The number of hydrogen-bond acceptors (Lipinski definition) is 2. The van der Waals surface area contributed by atoms with Gasteiger partial charge in [-0.3, -0.25) is 4.79 Å².